The van der Waals surface area contributed by atoms with Crippen molar-refractivity contribution in [3.63, 3.8) is 0 Å². The van der Waals surface area contributed by atoms with Gasteiger partial charge in [0.1, 0.15) is 6.10 Å². The number of rotatable bonds is 10. The molecule has 38 heavy (non-hydrogen) atoms. The van der Waals surface area contributed by atoms with E-state index in [4.69, 9.17) is 4.74 Å². The number of ether oxygens (including phenoxy) is 1. The van der Waals surface area contributed by atoms with Crippen molar-refractivity contribution in [2.45, 2.75) is 123 Å². The van der Waals surface area contributed by atoms with Crippen LogP contribution < -0.4 is 0 Å². The van der Waals surface area contributed by atoms with Crippen LogP contribution in [-0.4, -0.2) is 12.1 Å². The van der Waals surface area contributed by atoms with Crippen molar-refractivity contribution < 1.29 is 9.53 Å². The summed E-state index contributed by atoms with van der Waals surface area (Å²) in [6, 6.07) is 9.99. The Morgan fingerprint density at radius 3 is 2.55 bits per heavy atom. The highest BCUT2D eigenvalue weighted by atomic mass is 16.5. The minimum Gasteiger partial charge on any atom is -0.459 e. The summed E-state index contributed by atoms with van der Waals surface area (Å²) in [6.07, 6.45) is 26.2. The fourth-order valence-electron chi connectivity index (χ4n) is 9.41. The Morgan fingerprint density at radius 2 is 1.74 bits per heavy atom. The molecule has 0 bridgehead atoms. The zero-order chi connectivity index (χ0) is 26.6. The fraction of sp³-hybridized carbons (Fsp3) is 0.694. The Bertz CT molecular complexity index is 992. The highest BCUT2D eigenvalue weighted by Crippen LogP contribution is 2.66. The van der Waals surface area contributed by atoms with Crippen LogP contribution in [0.2, 0.25) is 0 Å². The molecule has 4 aliphatic carbocycles. The number of fused-ring (bicyclic) bond motifs is 5. The summed E-state index contributed by atoms with van der Waals surface area (Å²) in [5.41, 5.74) is 3.52. The minimum atomic E-state index is -0.201. The number of allylic oxidation sites excluding steroid dienone is 1. The van der Waals surface area contributed by atoms with Crippen molar-refractivity contribution >= 4 is 12.0 Å². The number of hydrogen-bond donors (Lipinski definition) is 0. The number of hydrogen-bond acceptors (Lipinski definition) is 2. The molecule has 2 nitrogen and oxygen atoms in total. The Hall–Kier alpha value is -1.83. The Balaban J connectivity index is 1.17. The number of benzene rings is 1. The molecule has 5 rings (SSSR count). The molecular formula is C36H52O2. The zero-order valence-electron chi connectivity index (χ0n) is 24.4. The van der Waals surface area contributed by atoms with Gasteiger partial charge in [-0.1, -0.05) is 101 Å². The van der Waals surface area contributed by atoms with Gasteiger partial charge in [0.05, 0.1) is 0 Å². The molecule has 1 aromatic carbocycles. The summed E-state index contributed by atoms with van der Waals surface area (Å²) < 4.78 is 5.94. The lowest BCUT2D eigenvalue weighted by molar-refractivity contribution is -0.145. The summed E-state index contributed by atoms with van der Waals surface area (Å²) in [7, 11) is 0. The van der Waals surface area contributed by atoms with Crippen LogP contribution >= 0.6 is 0 Å². The van der Waals surface area contributed by atoms with Gasteiger partial charge in [0, 0.05) is 12.5 Å². The van der Waals surface area contributed by atoms with Crippen molar-refractivity contribution in [3.05, 3.63) is 53.6 Å². The fourth-order valence-corrected chi connectivity index (χ4v) is 9.41. The smallest absolute Gasteiger partial charge is 0.331 e. The quantitative estimate of drug-likeness (QED) is 0.134. The molecule has 7 unspecified atom stereocenters. The molecule has 0 aromatic heterocycles. The van der Waals surface area contributed by atoms with Gasteiger partial charge in [0.15, 0.2) is 0 Å². The summed E-state index contributed by atoms with van der Waals surface area (Å²) in [5, 5.41) is 0. The van der Waals surface area contributed by atoms with E-state index in [0.29, 0.717) is 10.8 Å². The van der Waals surface area contributed by atoms with E-state index in [1.165, 1.54) is 83.5 Å². The van der Waals surface area contributed by atoms with Crippen LogP contribution in [-0.2, 0) is 9.53 Å². The third-order valence-corrected chi connectivity index (χ3v) is 11.7. The Morgan fingerprint density at radius 1 is 0.947 bits per heavy atom. The number of carbonyl (C=O) groups is 1. The lowest BCUT2D eigenvalue weighted by Crippen LogP contribution is -2.50. The first-order valence-electron chi connectivity index (χ1n) is 16.1. The van der Waals surface area contributed by atoms with Crippen LogP contribution in [0.15, 0.2) is 48.1 Å². The predicted molar refractivity (Wildman–Crippen MR) is 159 cm³/mol. The first-order chi connectivity index (χ1) is 18.4. The van der Waals surface area contributed by atoms with E-state index < -0.39 is 0 Å². The molecule has 0 spiro atoms. The molecule has 0 amide bonds. The molecule has 3 saturated carbocycles. The van der Waals surface area contributed by atoms with Gasteiger partial charge < -0.3 is 4.74 Å². The van der Waals surface area contributed by atoms with Crippen LogP contribution in [0.1, 0.15) is 123 Å². The lowest BCUT2D eigenvalue weighted by Gasteiger charge is -2.58. The van der Waals surface area contributed by atoms with Gasteiger partial charge in [0.25, 0.3) is 0 Å². The Labute approximate surface area is 232 Å². The number of esters is 1. The van der Waals surface area contributed by atoms with Gasteiger partial charge in [-0.05, 0) is 97.5 Å². The summed E-state index contributed by atoms with van der Waals surface area (Å²) in [6.45, 7) is 7.56. The topological polar surface area (TPSA) is 26.3 Å². The molecule has 0 N–H and O–H groups in total. The van der Waals surface area contributed by atoms with Gasteiger partial charge in [-0.3, -0.25) is 0 Å². The van der Waals surface area contributed by atoms with E-state index in [2.05, 4.69) is 26.8 Å². The van der Waals surface area contributed by atoms with Crippen LogP contribution in [0.3, 0.4) is 0 Å². The van der Waals surface area contributed by atoms with Crippen molar-refractivity contribution in [2.24, 2.45) is 34.5 Å². The second kappa shape index (κ2) is 12.1. The van der Waals surface area contributed by atoms with E-state index in [9.17, 15) is 4.79 Å². The first-order valence-corrected chi connectivity index (χ1v) is 16.1. The maximum Gasteiger partial charge on any atom is 0.331 e. The molecule has 0 aliphatic heterocycles. The largest absolute Gasteiger partial charge is 0.459 e. The minimum absolute atomic E-state index is 0.0286. The van der Waals surface area contributed by atoms with Gasteiger partial charge in [-0.15, -0.1) is 0 Å². The molecule has 4 aliphatic rings. The SMILES string of the molecule is CCCCCCCCC1CCC2C3CC=C4CC(OC(=O)/C=C/c5ccccc5)CCC4(C)C3CCC12C. The summed E-state index contributed by atoms with van der Waals surface area (Å²) in [5.74, 6) is 3.36. The van der Waals surface area contributed by atoms with Gasteiger partial charge >= 0.3 is 5.97 Å². The highest BCUT2D eigenvalue weighted by Gasteiger charge is 2.58. The molecule has 0 heterocycles. The highest BCUT2D eigenvalue weighted by molar-refractivity contribution is 5.87. The predicted octanol–water partition coefficient (Wildman–Crippen LogP) is 9.94. The molecule has 7 atom stereocenters. The van der Waals surface area contributed by atoms with Crippen LogP contribution in [0.25, 0.3) is 6.08 Å². The van der Waals surface area contributed by atoms with Gasteiger partial charge in [-0.2, -0.15) is 0 Å². The molecule has 1 aromatic rings. The van der Waals surface area contributed by atoms with Crippen molar-refractivity contribution in [2.75, 3.05) is 0 Å². The number of carbonyl (C=O) groups excluding carboxylic acids is 1. The molecule has 208 valence electrons. The molecule has 2 heteroatoms. The van der Waals surface area contributed by atoms with E-state index in [1.807, 2.05) is 36.4 Å². The average Bonchev–Trinajstić information content (AvgIpc) is 3.26. The maximum absolute atomic E-state index is 12.6. The normalized spacial score (nSPS) is 36.3. The summed E-state index contributed by atoms with van der Waals surface area (Å²) in [4.78, 5) is 12.6. The van der Waals surface area contributed by atoms with E-state index in [1.54, 1.807) is 11.6 Å². The molecule has 0 saturated heterocycles. The van der Waals surface area contributed by atoms with Crippen LogP contribution in [0.4, 0.5) is 0 Å². The average molecular weight is 517 g/mol. The maximum atomic E-state index is 12.6. The van der Waals surface area contributed by atoms with Gasteiger partial charge in [-0.25, -0.2) is 4.79 Å². The van der Waals surface area contributed by atoms with E-state index in [-0.39, 0.29) is 12.1 Å². The third kappa shape index (κ3) is 5.71. The van der Waals surface area contributed by atoms with Crippen molar-refractivity contribution in [1.29, 1.82) is 0 Å². The van der Waals surface area contributed by atoms with Crippen LogP contribution in [0.5, 0.6) is 0 Å². The number of unbranched alkanes of at least 4 members (excludes halogenated alkanes) is 5. The first kappa shape index (κ1) is 27.7. The third-order valence-electron chi connectivity index (χ3n) is 11.7. The molecular weight excluding hydrogens is 464 g/mol. The zero-order valence-corrected chi connectivity index (χ0v) is 24.4. The van der Waals surface area contributed by atoms with Crippen molar-refractivity contribution in [1.82, 2.24) is 0 Å². The second-order valence-corrected chi connectivity index (χ2v) is 13.7. The van der Waals surface area contributed by atoms with E-state index in [0.717, 1.165) is 42.1 Å². The van der Waals surface area contributed by atoms with Crippen LogP contribution in [0, 0.1) is 34.5 Å². The summed E-state index contributed by atoms with van der Waals surface area (Å²) >= 11 is 0. The molecule has 0 radical (unpaired) electrons. The molecule has 3 fully saturated rings. The second-order valence-electron chi connectivity index (χ2n) is 13.7. The van der Waals surface area contributed by atoms with Gasteiger partial charge in [0.2, 0.25) is 0 Å². The lowest BCUT2D eigenvalue weighted by atomic mass is 9.47. The Kier molecular flexibility index (Phi) is 8.85. The van der Waals surface area contributed by atoms with Crippen molar-refractivity contribution in [3.8, 4) is 0 Å². The van der Waals surface area contributed by atoms with E-state index >= 15 is 0 Å². The standard InChI is InChI=1S/C36H52O2/c1-4-5-6-7-8-12-15-28-18-20-32-31-19-17-29-26-30(38-34(37)21-16-27-13-10-9-11-14-27)22-24-36(29,3)33(31)23-25-35(28,32)2/h9-11,13-14,16-17,21,28,30-33H,4-8,12,15,18-20,22-26H2,1-3H3/b21-16+. The monoisotopic (exact) mass is 516 g/mol.